The maximum atomic E-state index is 3.67. The third kappa shape index (κ3) is 3.05. The van der Waals surface area contributed by atoms with Gasteiger partial charge in [-0.1, -0.05) is 6.92 Å². The highest BCUT2D eigenvalue weighted by Crippen LogP contribution is 2.37. The van der Waals surface area contributed by atoms with Gasteiger partial charge in [-0.05, 0) is 65.8 Å². The van der Waals surface area contributed by atoms with Crippen molar-refractivity contribution in [2.75, 3.05) is 6.54 Å². The molecule has 0 bridgehead atoms. The van der Waals surface area contributed by atoms with Gasteiger partial charge in [-0.15, -0.1) is 22.7 Å². The molecule has 18 heavy (non-hydrogen) atoms. The van der Waals surface area contributed by atoms with Gasteiger partial charge in [-0.3, -0.25) is 0 Å². The molecule has 2 rings (SSSR count). The van der Waals surface area contributed by atoms with Gasteiger partial charge in [0.2, 0.25) is 0 Å². The molecule has 0 saturated carbocycles. The first kappa shape index (κ1) is 14.3. The van der Waals surface area contributed by atoms with Crippen LogP contribution < -0.4 is 5.32 Å². The average Bonchev–Trinajstić information content (AvgIpc) is 2.87. The fraction of sp³-hybridized carbons (Fsp3) is 0.429. The first-order valence-corrected chi connectivity index (χ1v) is 8.65. The monoisotopic (exact) mass is 343 g/mol. The maximum Gasteiger partial charge on any atom is 0.0779 e. The molecule has 1 nitrogen and oxygen atoms in total. The van der Waals surface area contributed by atoms with E-state index in [1.807, 2.05) is 22.7 Å². The summed E-state index contributed by atoms with van der Waals surface area (Å²) in [6, 6.07) is 4.75. The lowest BCUT2D eigenvalue weighted by molar-refractivity contribution is 0.610. The Kier molecular flexibility index (Phi) is 5.01. The van der Waals surface area contributed by atoms with Crippen molar-refractivity contribution in [2.45, 2.75) is 33.2 Å². The summed E-state index contributed by atoms with van der Waals surface area (Å²) in [5.74, 6) is 0. The van der Waals surface area contributed by atoms with Crippen molar-refractivity contribution < 1.29 is 0 Å². The molecule has 0 aliphatic carbocycles. The number of thiophene rings is 2. The number of aryl methyl sites for hydroxylation is 2. The molecule has 0 radical (unpaired) electrons. The van der Waals surface area contributed by atoms with E-state index in [2.05, 4.69) is 59.5 Å². The minimum atomic E-state index is 0.332. The second-order valence-corrected chi connectivity index (χ2v) is 7.51. The van der Waals surface area contributed by atoms with Gasteiger partial charge < -0.3 is 5.32 Å². The van der Waals surface area contributed by atoms with Crippen LogP contribution in [0, 0.1) is 13.8 Å². The van der Waals surface area contributed by atoms with Crippen LogP contribution in [0.25, 0.3) is 0 Å². The van der Waals surface area contributed by atoms with Crippen molar-refractivity contribution in [3.63, 3.8) is 0 Å². The van der Waals surface area contributed by atoms with Crippen LogP contribution in [0.15, 0.2) is 22.0 Å². The molecule has 0 aliphatic heterocycles. The molecule has 98 valence electrons. The van der Waals surface area contributed by atoms with E-state index in [9.17, 15) is 0 Å². The molecule has 1 atom stereocenters. The van der Waals surface area contributed by atoms with Gasteiger partial charge in [0.15, 0.2) is 0 Å². The van der Waals surface area contributed by atoms with E-state index in [1.165, 1.54) is 24.7 Å². The lowest BCUT2D eigenvalue weighted by atomic mass is 10.1. The summed E-state index contributed by atoms with van der Waals surface area (Å²) in [4.78, 5) is 4.22. The highest BCUT2D eigenvalue weighted by atomic mass is 79.9. The molecule has 0 fully saturated rings. The van der Waals surface area contributed by atoms with E-state index in [0.29, 0.717) is 6.04 Å². The van der Waals surface area contributed by atoms with Crippen molar-refractivity contribution in [1.82, 2.24) is 5.32 Å². The van der Waals surface area contributed by atoms with Crippen molar-refractivity contribution >= 4 is 38.6 Å². The van der Waals surface area contributed by atoms with Gasteiger partial charge in [-0.2, -0.15) is 0 Å². The fourth-order valence-electron chi connectivity index (χ4n) is 2.05. The van der Waals surface area contributed by atoms with Gasteiger partial charge in [0.1, 0.15) is 0 Å². The second kappa shape index (κ2) is 6.33. The Bertz CT molecular complexity index is 516. The van der Waals surface area contributed by atoms with Crippen LogP contribution in [0.2, 0.25) is 0 Å². The van der Waals surface area contributed by atoms with Crippen molar-refractivity contribution in [3.8, 4) is 0 Å². The van der Waals surface area contributed by atoms with Crippen molar-refractivity contribution in [3.05, 3.63) is 42.2 Å². The summed E-state index contributed by atoms with van der Waals surface area (Å²) in [7, 11) is 0. The number of nitrogens with one attached hydrogen (secondary N) is 1. The molecule has 0 saturated heterocycles. The van der Waals surface area contributed by atoms with E-state index in [4.69, 9.17) is 0 Å². The summed E-state index contributed by atoms with van der Waals surface area (Å²) in [6.45, 7) is 7.65. The number of halogens is 1. The van der Waals surface area contributed by atoms with Crippen molar-refractivity contribution in [1.29, 1.82) is 0 Å². The second-order valence-electron chi connectivity index (χ2n) is 4.42. The fourth-order valence-corrected chi connectivity index (χ4v) is 4.93. The Morgan fingerprint density at radius 2 is 2.11 bits per heavy atom. The van der Waals surface area contributed by atoms with E-state index < -0.39 is 0 Å². The molecule has 2 aromatic heterocycles. The molecule has 4 heteroatoms. The highest BCUT2D eigenvalue weighted by Gasteiger charge is 2.21. The Labute approximate surface area is 125 Å². The van der Waals surface area contributed by atoms with Gasteiger partial charge in [0, 0.05) is 19.1 Å². The Hall–Kier alpha value is -0.160. The molecule has 0 aliphatic rings. The molecule has 0 amide bonds. The van der Waals surface area contributed by atoms with E-state index in [1.54, 1.807) is 0 Å². The SMILES string of the molecule is CCCNC(c1sc(C)cc1C)c1sccc1Br. The average molecular weight is 344 g/mol. The van der Waals surface area contributed by atoms with E-state index in [-0.39, 0.29) is 0 Å². The third-order valence-corrected chi connectivity index (χ3v) is 6.00. The maximum absolute atomic E-state index is 3.67. The highest BCUT2D eigenvalue weighted by molar-refractivity contribution is 9.10. The van der Waals surface area contributed by atoms with Crippen LogP contribution >= 0.6 is 38.6 Å². The Morgan fingerprint density at radius 3 is 2.61 bits per heavy atom. The largest absolute Gasteiger partial charge is 0.305 e. The van der Waals surface area contributed by atoms with Crippen LogP contribution in [-0.4, -0.2) is 6.54 Å². The number of rotatable bonds is 5. The summed E-state index contributed by atoms with van der Waals surface area (Å²) in [5.41, 5.74) is 1.39. The van der Waals surface area contributed by atoms with Gasteiger partial charge in [0.25, 0.3) is 0 Å². The number of hydrogen-bond acceptors (Lipinski definition) is 3. The van der Waals surface area contributed by atoms with Gasteiger partial charge >= 0.3 is 0 Å². The van der Waals surface area contributed by atoms with E-state index in [0.717, 1.165) is 13.0 Å². The molecule has 0 spiro atoms. The molecular formula is C14H18BrNS2. The third-order valence-electron chi connectivity index (χ3n) is 2.85. The minimum absolute atomic E-state index is 0.332. The van der Waals surface area contributed by atoms with Crippen molar-refractivity contribution in [2.24, 2.45) is 0 Å². The number of hydrogen-bond donors (Lipinski definition) is 1. The smallest absolute Gasteiger partial charge is 0.0779 e. The zero-order valence-corrected chi connectivity index (χ0v) is 14.1. The standard InChI is InChI=1S/C14H18BrNS2/c1-4-6-16-12(14-11(15)5-7-17-14)13-9(2)8-10(3)18-13/h5,7-8,12,16H,4,6H2,1-3H3. The van der Waals surface area contributed by atoms with Crippen LogP contribution in [-0.2, 0) is 0 Å². The Balaban J connectivity index is 2.37. The predicted octanol–water partition coefficient (Wildman–Crippen LogP) is 5.28. The topological polar surface area (TPSA) is 12.0 Å². The normalized spacial score (nSPS) is 12.9. The zero-order chi connectivity index (χ0) is 13.1. The quantitative estimate of drug-likeness (QED) is 0.778. The summed E-state index contributed by atoms with van der Waals surface area (Å²) in [6.07, 6.45) is 1.16. The van der Waals surface area contributed by atoms with Gasteiger partial charge in [0.05, 0.1) is 6.04 Å². The van der Waals surface area contributed by atoms with Crippen LogP contribution in [0.4, 0.5) is 0 Å². The molecular weight excluding hydrogens is 326 g/mol. The minimum Gasteiger partial charge on any atom is -0.305 e. The lowest BCUT2D eigenvalue weighted by Gasteiger charge is -2.17. The first-order chi connectivity index (χ1) is 8.63. The molecule has 1 N–H and O–H groups in total. The lowest BCUT2D eigenvalue weighted by Crippen LogP contribution is -2.22. The first-order valence-electron chi connectivity index (χ1n) is 6.16. The molecule has 2 heterocycles. The van der Waals surface area contributed by atoms with Crippen LogP contribution in [0.3, 0.4) is 0 Å². The van der Waals surface area contributed by atoms with E-state index >= 15 is 0 Å². The van der Waals surface area contributed by atoms with Gasteiger partial charge in [-0.25, -0.2) is 0 Å². The van der Waals surface area contributed by atoms with Crippen LogP contribution in [0.5, 0.6) is 0 Å². The summed E-state index contributed by atoms with van der Waals surface area (Å²) in [5, 5.41) is 5.82. The Morgan fingerprint density at radius 1 is 1.33 bits per heavy atom. The predicted molar refractivity (Wildman–Crippen MR) is 85.9 cm³/mol. The zero-order valence-electron chi connectivity index (χ0n) is 10.9. The summed E-state index contributed by atoms with van der Waals surface area (Å²) >= 11 is 7.38. The van der Waals surface area contributed by atoms with Crippen LogP contribution in [0.1, 0.15) is 39.6 Å². The summed E-state index contributed by atoms with van der Waals surface area (Å²) < 4.78 is 1.21. The molecule has 1 unspecified atom stereocenters. The molecule has 2 aromatic rings. The molecule has 0 aromatic carbocycles.